The van der Waals surface area contributed by atoms with Crippen LogP contribution in [0.15, 0.2) is 30.3 Å². The molecule has 0 unspecified atom stereocenters. The lowest BCUT2D eigenvalue weighted by atomic mass is 10.1. The molecule has 132 valence electrons. The predicted molar refractivity (Wildman–Crippen MR) is 98.4 cm³/mol. The van der Waals surface area contributed by atoms with Crippen LogP contribution >= 0.6 is 0 Å². The average Bonchev–Trinajstić information content (AvgIpc) is 2.64. The van der Waals surface area contributed by atoms with Crippen molar-refractivity contribution in [1.29, 1.82) is 0 Å². The van der Waals surface area contributed by atoms with Gasteiger partial charge in [0.1, 0.15) is 0 Å². The molecule has 0 radical (unpaired) electrons. The van der Waals surface area contributed by atoms with Gasteiger partial charge < -0.3 is 15.1 Å². The average molecular weight is 330 g/mol. The van der Waals surface area contributed by atoms with Gasteiger partial charge in [-0.15, -0.1) is 0 Å². The van der Waals surface area contributed by atoms with Gasteiger partial charge in [-0.1, -0.05) is 25.1 Å². The number of rotatable bonds is 5. The van der Waals surface area contributed by atoms with Gasteiger partial charge >= 0.3 is 0 Å². The van der Waals surface area contributed by atoms with Crippen molar-refractivity contribution in [2.75, 3.05) is 57.3 Å². The van der Waals surface area contributed by atoms with Crippen molar-refractivity contribution in [3.8, 4) is 0 Å². The molecule has 2 aliphatic heterocycles. The second-order valence-electron chi connectivity index (χ2n) is 6.87. The minimum Gasteiger partial charge on any atom is -0.369 e. The zero-order chi connectivity index (χ0) is 16.8. The summed E-state index contributed by atoms with van der Waals surface area (Å²) in [4.78, 5) is 19.4. The monoisotopic (exact) mass is 330 g/mol. The van der Waals surface area contributed by atoms with E-state index in [9.17, 15) is 4.79 Å². The number of hydrogen-bond donors (Lipinski definition) is 1. The lowest BCUT2D eigenvalue weighted by molar-refractivity contribution is -0.123. The number of piperidine rings is 1. The van der Waals surface area contributed by atoms with E-state index in [1.54, 1.807) is 0 Å². The van der Waals surface area contributed by atoms with Crippen LogP contribution in [-0.4, -0.2) is 74.1 Å². The number of amides is 1. The quantitative estimate of drug-likeness (QED) is 0.886. The van der Waals surface area contributed by atoms with Crippen LogP contribution in [-0.2, 0) is 4.79 Å². The molecule has 3 rings (SSSR count). The van der Waals surface area contributed by atoms with E-state index in [-0.39, 0.29) is 5.91 Å². The van der Waals surface area contributed by atoms with Crippen molar-refractivity contribution in [2.24, 2.45) is 0 Å². The van der Waals surface area contributed by atoms with Gasteiger partial charge in [-0.3, -0.25) is 9.69 Å². The van der Waals surface area contributed by atoms with Crippen molar-refractivity contribution >= 4 is 11.6 Å². The van der Waals surface area contributed by atoms with E-state index >= 15 is 0 Å². The van der Waals surface area contributed by atoms with Crippen LogP contribution in [0.3, 0.4) is 0 Å². The number of nitrogens with one attached hydrogen (secondary N) is 1. The summed E-state index contributed by atoms with van der Waals surface area (Å²) in [6.07, 6.45) is 2.17. The first-order chi connectivity index (χ1) is 11.7. The number of anilines is 1. The SMILES string of the molecule is CCN1CCC(NC(=O)CN2CCN(c3ccccc3)CC2)CC1. The van der Waals surface area contributed by atoms with Crippen molar-refractivity contribution in [2.45, 2.75) is 25.8 Å². The zero-order valence-corrected chi connectivity index (χ0v) is 14.8. The van der Waals surface area contributed by atoms with Crippen molar-refractivity contribution in [3.63, 3.8) is 0 Å². The summed E-state index contributed by atoms with van der Waals surface area (Å²) in [5.74, 6) is 0.193. The molecule has 2 heterocycles. The summed E-state index contributed by atoms with van der Waals surface area (Å²) in [6, 6.07) is 10.9. The summed E-state index contributed by atoms with van der Waals surface area (Å²) < 4.78 is 0. The van der Waals surface area contributed by atoms with Crippen LogP contribution < -0.4 is 10.2 Å². The Kier molecular flexibility index (Phi) is 6.10. The van der Waals surface area contributed by atoms with Gasteiger partial charge in [0.15, 0.2) is 0 Å². The number of piperazine rings is 1. The molecule has 1 aromatic carbocycles. The molecule has 1 amide bonds. The highest BCUT2D eigenvalue weighted by atomic mass is 16.2. The van der Waals surface area contributed by atoms with Gasteiger partial charge in [0.25, 0.3) is 0 Å². The molecule has 1 N–H and O–H groups in total. The van der Waals surface area contributed by atoms with Gasteiger partial charge in [-0.25, -0.2) is 0 Å². The summed E-state index contributed by atoms with van der Waals surface area (Å²) >= 11 is 0. The Morgan fingerprint density at radius 1 is 1.00 bits per heavy atom. The minimum absolute atomic E-state index is 0.193. The largest absolute Gasteiger partial charge is 0.369 e. The third kappa shape index (κ3) is 4.71. The molecule has 2 fully saturated rings. The molecule has 5 nitrogen and oxygen atoms in total. The number of nitrogens with zero attached hydrogens (tertiary/aromatic N) is 3. The highest BCUT2D eigenvalue weighted by Gasteiger charge is 2.22. The molecule has 0 bridgehead atoms. The Labute approximate surface area is 145 Å². The number of para-hydroxylation sites is 1. The van der Waals surface area contributed by atoms with Crippen LogP contribution in [0.1, 0.15) is 19.8 Å². The van der Waals surface area contributed by atoms with Crippen LogP contribution in [0.4, 0.5) is 5.69 Å². The first kappa shape index (κ1) is 17.2. The molecule has 5 heteroatoms. The van der Waals surface area contributed by atoms with E-state index in [0.29, 0.717) is 12.6 Å². The molecule has 2 aliphatic rings. The second-order valence-corrected chi connectivity index (χ2v) is 6.87. The van der Waals surface area contributed by atoms with Gasteiger partial charge in [-0.05, 0) is 31.5 Å². The molecule has 0 aromatic heterocycles. The lowest BCUT2D eigenvalue weighted by Crippen LogP contribution is -2.51. The standard InChI is InChI=1S/C19H30N4O/c1-2-21-10-8-17(9-11-21)20-19(24)16-22-12-14-23(15-13-22)18-6-4-3-5-7-18/h3-7,17H,2,8-16H2,1H3,(H,20,24). The number of hydrogen-bond acceptors (Lipinski definition) is 4. The van der Waals surface area contributed by atoms with E-state index in [1.807, 2.05) is 0 Å². The van der Waals surface area contributed by atoms with E-state index in [2.05, 4.69) is 57.3 Å². The number of likely N-dealkylation sites (tertiary alicyclic amines) is 1. The van der Waals surface area contributed by atoms with Crippen LogP contribution in [0.5, 0.6) is 0 Å². The van der Waals surface area contributed by atoms with E-state index in [4.69, 9.17) is 0 Å². The topological polar surface area (TPSA) is 38.8 Å². The van der Waals surface area contributed by atoms with E-state index < -0.39 is 0 Å². The zero-order valence-electron chi connectivity index (χ0n) is 14.8. The van der Waals surface area contributed by atoms with Gasteiger partial charge in [0.05, 0.1) is 6.54 Å². The van der Waals surface area contributed by atoms with Crippen molar-refractivity contribution < 1.29 is 4.79 Å². The summed E-state index contributed by atoms with van der Waals surface area (Å²) in [5, 5.41) is 3.23. The highest BCUT2D eigenvalue weighted by Crippen LogP contribution is 2.15. The fraction of sp³-hybridized carbons (Fsp3) is 0.632. The smallest absolute Gasteiger partial charge is 0.234 e. The third-order valence-electron chi connectivity index (χ3n) is 5.26. The number of carbonyl (C=O) groups is 1. The second kappa shape index (κ2) is 8.49. The Balaban J connectivity index is 1.37. The maximum Gasteiger partial charge on any atom is 0.234 e. The van der Waals surface area contributed by atoms with Crippen LogP contribution in [0.2, 0.25) is 0 Å². The number of carbonyl (C=O) groups excluding carboxylic acids is 1. The number of benzene rings is 1. The van der Waals surface area contributed by atoms with E-state index in [1.165, 1.54) is 5.69 Å². The normalized spacial score (nSPS) is 21.0. The molecular weight excluding hydrogens is 300 g/mol. The Morgan fingerprint density at radius 2 is 1.67 bits per heavy atom. The Morgan fingerprint density at radius 3 is 2.29 bits per heavy atom. The first-order valence-electron chi connectivity index (χ1n) is 9.28. The molecule has 0 aliphatic carbocycles. The summed E-state index contributed by atoms with van der Waals surface area (Å²) in [7, 11) is 0. The van der Waals surface area contributed by atoms with E-state index in [0.717, 1.165) is 58.7 Å². The highest BCUT2D eigenvalue weighted by molar-refractivity contribution is 5.78. The minimum atomic E-state index is 0.193. The predicted octanol–water partition coefficient (Wildman–Crippen LogP) is 1.41. The van der Waals surface area contributed by atoms with Crippen molar-refractivity contribution in [1.82, 2.24) is 15.1 Å². The van der Waals surface area contributed by atoms with Crippen LogP contribution in [0, 0.1) is 0 Å². The maximum absolute atomic E-state index is 12.3. The Bertz CT molecular complexity index is 505. The summed E-state index contributed by atoms with van der Waals surface area (Å²) in [5.41, 5.74) is 1.28. The molecular formula is C19H30N4O. The Hall–Kier alpha value is -1.59. The van der Waals surface area contributed by atoms with Gasteiger partial charge in [0, 0.05) is 51.0 Å². The molecule has 0 saturated carbocycles. The lowest BCUT2D eigenvalue weighted by Gasteiger charge is -2.36. The van der Waals surface area contributed by atoms with Gasteiger partial charge in [-0.2, -0.15) is 0 Å². The molecule has 0 atom stereocenters. The summed E-state index contributed by atoms with van der Waals surface area (Å²) in [6.45, 7) is 9.97. The molecule has 24 heavy (non-hydrogen) atoms. The fourth-order valence-corrected chi connectivity index (χ4v) is 3.67. The molecule has 2 saturated heterocycles. The molecule has 1 aromatic rings. The van der Waals surface area contributed by atoms with Crippen LogP contribution in [0.25, 0.3) is 0 Å². The third-order valence-corrected chi connectivity index (χ3v) is 5.26. The maximum atomic E-state index is 12.3. The van der Waals surface area contributed by atoms with Crippen molar-refractivity contribution in [3.05, 3.63) is 30.3 Å². The van der Waals surface area contributed by atoms with Gasteiger partial charge in [0.2, 0.25) is 5.91 Å². The fourth-order valence-electron chi connectivity index (χ4n) is 3.67. The molecule has 0 spiro atoms. The first-order valence-corrected chi connectivity index (χ1v) is 9.28.